The van der Waals surface area contributed by atoms with Crippen molar-refractivity contribution in [3.05, 3.63) is 35.9 Å². The van der Waals surface area contributed by atoms with E-state index < -0.39 is 0 Å². The van der Waals surface area contributed by atoms with Gasteiger partial charge in [-0.3, -0.25) is 10.3 Å². The molecule has 3 rings (SSSR count). The first-order valence-corrected chi connectivity index (χ1v) is 7.36. The number of nitrogens with one attached hydrogen (secondary N) is 1. The van der Waals surface area contributed by atoms with Gasteiger partial charge in [0.2, 0.25) is 0 Å². The van der Waals surface area contributed by atoms with Crippen molar-refractivity contribution in [2.45, 2.75) is 44.8 Å². The summed E-state index contributed by atoms with van der Waals surface area (Å²) < 4.78 is 0. The van der Waals surface area contributed by atoms with E-state index in [9.17, 15) is 0 Å². The number of likely N-dealkylation sites (tertiary alicyclic amines) is 2. The molecular weight excluding hydrogens is 234 g/mol. The van der Waals surface area contributed by atoms with Crippen LogP contribution in [0.25, 0.3) is 0 Å². The first-order valence-electron chi connectivity index (χ1n) is 7.36. The summed E-state index contributed by atoms with van der Waals surface area (Å²) in [4.78, 5) is 4.90. The van der Waals surface area contributed by atoms with E-state index in [1.807, 2.05) is 0 Å². The highest BCUT2D eigenvalue weighted by molar-refractivity contribution is 5.81. The summed E-state index contributed by atoms with van der Waals surface area (Å²) in [7, 11) is 0. The van der Waals surface area contributed by atoms with E-state index >= 15 is 0 Å². The largest absolute Gasteiger partial charge is 0.356 e. The highest BCUT2D eigenvalue weighted by atomic mass is 15.3. The molecule has 0 amide bonds. The van der Waals surface area contributed by atoms with E-state index in [-0.39, 0.29) is 0 Å². The van der Waals surface area contributed by atoms with Crippen LogP contribution in [0.5, 0.6) is 0 Å². The van der Waals surface area contributed by atoms with Crippen LogP contribution < -0.4 is 0 Å². The maximum absolute atomic E-state index is 8.03. The molecule has 2 aliphatic rings. The van der Waals surface area contributed by atoms with Crippen LogP contribution in [0.2, 0.25) is 0 Å². The lowest BCUT2D eigenvalue weighted by Crippen LogP contribution is -2.37. The summed E-state index contributed by atoms with van der Waals surface area (Å²) in [5, 5.41) is 8.03. The fourth-order valence-electron chi connectivity index (χ4n) is 3.43. The van der Waals surface area contributed by atoms with Gasteiger partial charge in [-0.25, -0.2) is 0 Å². The molecule has 3 nitrogen and oxygen atoms in total. The minimum absolute atomic E-state index is 0.564. The first-order chi connectivity index (χ1) is 9.24. The molecule has 0 saturated carbocycles. The van der Waals surface area contributed by atoms with Gasteiger partial charge in [0.15, 0.2) is 0 Å². The standard InChI is InChI=1S/C16H23N3/c1-13-10-15(19-9-5-8-16(19)17)12-18(13)11-14-6-3-2-4-7-14/h2-4,6-7,13,15,17H,5,8-12H2,1H3. The lowest BCUT2D eigenvalue weighted by atomic mass is 10.1. The third-order valence-corrected chi connectivity index (χ3v) is 4.51. The third kappa shape index (κ3) is 2.66. The van der Waals surface area contributed by atoms with Crippen LogP contribution in [0.4, 0.5) is 0 Å². The predicted octanol–water partition coefficient (Wildman–Crippen LogP) is 2.72. The topological polar surface area (TPSA) is 30.3 Å². The Labute approximate surface area is 115 Å². The molecule has 1 aromatic carbocycles. The fraction of sp³-hybridized carbons (Fsp3) is 0.562. The Morgan fingerprint density at radius 3 is 2.74 bits per heavy atom. The average Bonchev–Trinajstić information content (AvgIpc) is 2.98. The zero-order chi connectivity index (χ0) is 13.2. The number of amidine groups is 1. The number of hydrogen-bond acceptors (Lipinski definition) is 2. The molecule has 2 fully saturated rings. The minimum Gasteiger partial charge on any atom is -0.356 e. The molecule has 2 heterocycles. The van der Waals surface area contributed by atoms with Crippen molar-refractivity contribution in [2.24, 2.45) is 0 Å². The molecule has 0 spiro atoms. The van der Waals surface area contributed by atoms with Crippen molar-refractivity contribution >= 4 is 5.84 Å². The van der Waals surface area contributed by atoms with E-state index in [4.69, 9.17) is 5.41 Å². The maximum Gasteiger partial charge on any atom is 0.0961 e. The van der Waals surface area contributed by atoms with Crippen molar-refractivity contribution in [2.75, 3.05) is 13.1 Å². The molecule has 0 aliphatic carbocycles. The molecule has 2 unspecified atom stereocenters. The predicted molar refractivity (Wildman–Crippen MR) is 78.4 cm³/mol. The fourth-order valence-corrected chi connectivity index (χ4v) is 3.43. The third-order valence-electron chi connectivity index (χ3n) is 4.51. The highest BCUT2D eigenvalue weighted by Crippen LogP contribution is 2.27. The van der Waals surface area contributed by atoms with Gasteiger partial charge in [0.05, 0.1) is 5.84 Å². The molecule has 1 aromatic rings. The van der Waals surface area contributed by atoms with Crippen LogP contribution in [-0.2, 0) is 6.54 Å². The van der Waals surface area contributed by atoms with Gasteiger partial charge in [0.1, 0.15) is 0 Å². The molecule has 2 atom stereocenters. The molecule has 2 saturated heterocycles. The van der Waals surface area contributed by atoms with Crippen molar-refractivity contribution in [3.8, 4) is 0 Å². The van der Waals surface area contributed by atoms with Crippen molar-refractivity contribution in [3.63, 3.8) is 0 Å². The summed E-state index contributed by atoms with van der Waals surface area (Å²) in [6, 6.07) is 11.9. The van der Waals surface area contributed by atoms with E-state index in [1.165, 1.54) is 18.4 Å². The number of rotatable bonds is 3. The summed E-state index contributed by atoms with van der Waals surface area (Å²) in [6.07, 6.45) is 3.35. The summed E-state index contributed by atoms with van der Waals surface area (Å²) >= 11 is 0. The first kappa shape index (κ1) is 12.7. The average molecular weight is 257 g/mol. The zero-order valence-corrected chi connectivity index (χ0v) is 11.7. The Morgan fingerprint density at radius 1 is 1.26 bits per heavy atom. The van der Waals surface area contributed by atoms with E-state index in [0.29, 0.717) is 12.1 Å². The lowest BCUT2D eigenvalue weighted by Gasteiger charge is -2.26. The van der Waals surface area contributed by atoms with Crippen LogP contribution in [0.3, 0.4) is 0 Å². The number of benzene rings is 1. The highest BCUT2D eigenvalue weighted by Gasteiger charge is 2.35. The molecule has 0 radical (unpaired) electrons. The quantitative estimate of drug-likeness (QED) is 0.902. The van der Waals surface area contributed by atoms with Crippen molar-refractivity contribution in [1.82, 2.24) is 9.80 Å². The van der Waals surface area contributed by atoms with Crippen LogP contribution in [0.15, 0.2) is 30.3 Å². The second kappa shape index (κ2) is 5.33. The normalized spacial score (nSPS) is 28.3. The van der Waals surface area contributed by atoms with Gasteiger partial charge < -0.3 is 4.90 Å². The van der Waals surface area contributed by atoms with E-state index in [0.717, 1.165) is 31.9 Å². The van der Waals surface area contributed by atoms with Crippen LogP contribution in [0.1, 0.15) is 31.7 Å². The van der Waals surface area contributed by atoms with Gasteiger partial charge in [-0.1, -0.05) is 30.3 Å². The Morgan fingerprint density at radius 2 is 2.05 bits per heavy atom. The number of nitrogens with zero attached hydrogens (tertiary/aromatic N) is 2. The Hall–Kier alpha value is -1.35. The maximum atomic E-state index is 8.03. The second-order valence-electron chi connectivity index (χ2n) is 5.90. The minimum atomic E-state index is 0.564. The van der Waals surface area contributed by atoms with Gasteiger partial charge in [0, 0.05) is 38.1 Å². The van der Waals surface area contributed by atoms with Gasteiger partial charge in [-0.2, -0.15) is 0 Å². The van der Waals surface area contributed by atoms with E-state index in [1.54, 1.807) is 0 Å². The number of hydrogen-bond donors (Lipinski definition) is 1. The summed E-state index contributed by atoms with van der Waals surface area (Å²) in [5.41, 5.74) is 1.39. The van der Waals surface area contributed by atoms with Gasteiger partial charge in [0.25, 0.3) is 0 Å². The zero-order valence-electron chi connectivity index (χ0n) is 11.7. The van der Waals surface area contributed by atoms with Crippen LogP contribution in [0, 0.1) is 5.41 Å². The Kier molecular flexibility index (Phi) is 3.56. The lowest BCUT2D eigenvalue weighted by molar-refractivity contribution is 0.247. The molecule has 3 heteroatoms. The summed E-state index contributed by atoms with van der Waals surface area (Å²) in [5.74, 6) is 0.860. The van der Waals surface area contributed by atoms with Crippen LogP contribution >= 0.6 is 0 Å². The van der Waals surface area contributed by atoms with Gasteiger partial charge in [-0.15, -0.1) is 0 Å². The molecule has 2 aliphatic heterocycles. The monoisotopic (exact) mass is 257 g/mol. The van der Waals surface area contributed by atoms with Crippen LogP contribution in [-0.4, -0.2) is 40.8 Å². The SMILES string of the molecule is CC1CC(N2CCCC2=N)CN1Cc1ccccc1. The van der Waals surface area contributed by atoms with Crippen molar-refractivity contribution < 1.29 is 0 Å². The summed E-state index contributed by atoms with van der Waals surface area (Å²) in [6.45, 7) is 5.57. The Balaban J connectivity index is 1.63. The smallest absolute Gasteiger partial charge is 0.0961 e. The van der Waals surface area contributed by atoms with E-state index in [2.05, 4.69) is 47.1 Å². The molecule has 102 valence electrons. The molecular formula is C16H23N3. The molecule has 19 heavy (non-hydrogen) atoms. The molecule has 0 aromatic heterocycles. The molecule has 1 N–H and O–H groups in total. The second-order valence-corrected chi connectivity index (χ2v) is 5.90. The van der Waals surface area contributed by atoms with Gasteiger partial charge >= 0.3 is 0 Å². The van der Waals surface area contributed by atoms with Gasteiger partial charge in [-0.05, 0) is 25.3 Å². The Bertz CT molecular complexity index is 443. The van der Waals surface area contributed by atoms with Crippen molar-refractivity contribution in [1.29, 1.82) is 5.41 Å². The molecule has 0 bridgehead atoms.